The zero-order valence-corrected chi connectivity index (χ0v) is 13.2. The van der Waals surface area contributed by atoms with Gasteiger partial charge in [0, 0.05) is 12.6 Å². The Bertz CT molecular complexity index is 721. The molecule has 2 fully saturated rings. The molecule has 1 unspecified atom stereocenters. The Balaban J connectivity index is 1.79. The average molecular weight is 342 g/mol. The molecule has 3 rings (SSSR count). The Morgan fingerprint density at radius 3 is 2.52 bits per heavy atom. The molecule has 8 nitrogen and oxygen atoms in total. The summed E-state index contributed by atoms with van der Waals surface area (Å²) in [5.74, 6) is -2.08. The van der Waals surface area contributed by atoms with Gasteiger partial charge in [-0.05, 0) is 44.2 Å². The second-order valence-electron chi connectivity index (χ2n) is 5.83. The van der Waals surface area contributed by atoms with Crippen molar-refractivity contribution in [1.29, 1.82) is 0 Å². The third-order valence-electron chi connectivity index (χ3n) is 4.31. The summed E-state index contributed by atoms with van der Waals surface area (Å²) >= 11 is 0. The Hall–Kier alpha value is -1.87. The first-order chi connectivity index (χ1) is 10.9. The summed E-state index contributed by atoms with van der Waals surface area (Å²) in [6.07, 6.45) is 3.94. The number of hydrogen-bond donors (Lipinski definition) is 2. The van der Waals surface area contributed by atoms with Gasteiger partial charge in [-0.25, -0.2) is 13.2 Å². The van der Waals surface area contributed by atoms with Crippen LogP contribution in [0.4, 0.5) is 0 Å². The predicted octanol–water partition coefficient (Wildman–Crippen LogP) is 0.800. The van der Waals surface area contributed by atoms with Gasteiger partial charge in [-0.3, -0.25) is 4.79 Å². The van der Waals surface area contributed by atoms with Crippen LogP contribution in [0, 0.1) is 0 Å². The van der Waals surface area contributed by atoms with E-state index in [9.17, 15) is 18.0 Å². The van der Waals surface area contributed by atoms with Gasteiger partial charge in [0.25, 0.3) is 10.0 Å². The molecule has 1 aromatic rings. The monoisotopic (exact) mass is 342 g/mol. The number of aromatic carboxylic acids is 1. The summed E-state index contributed by atoms with van der Waals surface area (Å²) in [6.45, 7) is 0.216. The third kappa shape index (κ3) is 2.98. The van der Waals surface area contributed by atoms with Crippen molar-refractivity contribution in [3.63, 3.8) is 0 Å². The molecule has 9 heteroatoms. The molecule has 1 aliphatic carbocycles. The molecular formula is C14H18N2O6S. The minimum Gasteiger partial charge on any atom is -0.475 e. The SMILES string of the molecule is O=C(O)c1ccc(S(=O)(=O)N2CCCC2C(=O)NC2CCC2)o1. The van der Waals surface area contributed by atoms with E-state index in [4.69, 9.17) is 9.52 Å². The summed E-state index contributed by atoms with van der Waals surface area (Å²) in [4.78, 5) is 23.1. The quantitative estimate of drug-likeness (QED) is 0.817. The highest BCUT2D eigenvalue weighted by atomic mass is 32.2. The Labute approximate surface area is 133 Å². The Morgan fingerprint density at radius 2 is 1.96 bits per heavy atom. The summed E-state index contributed by atoms with van der Waals surface area (Å²) in [6, 6.07) is 1.57. The number of amides is 1. The van der Waals surface area contributed by atoms with E-state index < -0.39 is 32.9 Å². The van der Waals surface area contributed by atoms with Crippen LogP contribution in [0.5, 0.6) is 0 Å². The van der Waals surface area contributed by atoms with Crippen LogP contribution in [0.15, 0.2) is 21.6 Å². The van der Waals surface area contributed by atoms with Crippen molar-refractivity contribution in [2.45, 2.75) is 49.3 Å². The van der Waals surface area contributed by atoms with E-state index in [1.807, 2.05) is 0 Å². The van der Waals surface area contributed by atoms with Crippen LogP contribution in [-0.2, 0) is 14.8 Å². The van der Waals surface area contributed by atoms with Crippen molar-refractivity contribution < 1.29 is 27.5 Å². The predicted molar refractivity (Wildman–Crippen MR) is 78.4 cm³/mol. The number of carbonyl (C=O) groups is 2. The minimum atomic E-state index is -4.03. The molecule has 1 saturated heterocycles. The molecule has 23 heavy (non-hydrogen) atoms. The van der Waals surface area contributed by atoms with Crippen LogP contribution in [-0.4, -0.2) is 48.3 Å². The van der Waals surface area contributed by atoms with Crippen molar-refractivity contribution in [3.05, 3.63) is 17.9 Å². The number of rotatable bonds is 5. The molecular weight excluding hydrogens is 324 g/mol. The maximum Gasteiger partial charge on any atom is 0.371 e. The number of nitrogens with zero attached hydrogens (tertiary/aromatic N) is 1. The highest BCUT2D eigenvalue weighted by molar-refractivity contribution is 7.89. The maximum atomic E-state index is 12.6. The zero-order valence-electron chi connectivity index (χ0n) is 12.4. The van der Waals surface area contributed by atoms with Crippen LogP contribution in [0.1, 0.15) is 42.7 Å². The van der Waals surface area contributed by atoms with Gasteiger partial charge in [0.2, 0.25) is 16.8 Å². The summed E-state index contributed by atoms with van der Waals surface area (Å²) < 4.78 is 31.2. The molecule has 1 amide bonds. The summed E-state index contributed by atoms with van der Waals surface area (Å²) in [7, 11) is -4.03. The number of hydrogen-bond acceptors (Lipinski definition) is 5. The fourth-order valence-electron chi connectivity index (χ4n) is 2.83. The molecule has 2 heterocycles. The first kappa shape index (κ1) is 16.0. The molecule has 1 atom stereocenters. The van der Waals surface area contributed by atoms with E-state index >= 15 is 0 Å². The van der Waals surface area contributed by atoms with Crippen molar-refractivity contribution >= 4 is 21.9 Å². The molecule has 1 aliphatic heterocycles. The van der Waals surface area contributed by atoms with E-state index in [1.54, 1.807) is 0 Å². The molecule has 0 bridgehead atoms. The van der Waals surface area contributed by atoms with Crippen LogP contribution in [0.2, 0.25) is 0 Å². The van der Waals surface area contributed by atoms with Gasteiger partial charge in [-0.2, -0.15) is 4.31 Å². The van der Waals surface area contributed by atoms with E-state index in [2.05, 4.69) is 5.32 Å². The number of nitrogens with one attached hydrogen (secondary N) is 1. The van der Waals surface area contributed by atoms with Gasteiger partial charge in [0.1, 0.15) is 6.04 Å². The molecule has 126 valence electrons. The fourth-order valence-corrected chi connectivity index (χ4v) is 4.40. The smallest absolute Gasteiger partial charge is 0.371 e. The highest BCUT2D eigenvalue weighted by Crippen LogP contribution is 2.28. The number of carboxylic acids is 1. The Morgan fingerprint density at radius 1 is 1.22 bits per heavy atom. The van der Waals surface area contributed by atoms with Gasteiger partial charge in [0.15, 0.2) is 0 Å². The standard InChI is InChI=1S/C14H18N2O6S/c17-13(15-9-3-1-4-9)10-5-2-8-16(10)23(20,21)12-7-6-11(22-12)14(18)19/h6-7,9-10H,1-5,8H2,(H,15,17)(H,18,19). The normalized spacial score (nSPS) is 22.7. The van der Waals surface area contributed by atoms with Crippen LogP contribution in [0.25, 0.3) is 0 Å². The van der Waals surface area contributed by atoms with E-state index in [1.165, 1.54) is 0 Å². The lowest BCUT2D eigenvalue weighted by molar-refractivity contribution is -0.125. The molecule has 0 aromatic carbocycles. The van der Waals surface area contributed by atoms with E-state index in [0.717, 1.165) is 35.7 Å². The summed E-state index contributed by atoms with van der Waals surface area (Å²) in [5, 5.41) is 11.3. The molecule has 1 aromatic heterocycles. The second-order valence-corrected chi connectivity index (χ2v) is 7.66. The first-order valence-electron chi connectivity index (χ1n) is 7.55. The van der Waals surface area contributed by atoms with Gasteiger partial charge in [0.05, 0.1) is 0 Å². The Kier molecular flexibility index (Phi) is 4.15. The van der Waals surface area contributed by atoms with Gasteiger partial charge < -0.3 is 14.8 Å². The fraction of sp³-hybridized carbons (Fsp3) is 0.571. The number of sulfonamides is 1. The topological polar surface area (TPSA) is 117 Å². The molecule has 2 N–H and O–H groups in total. The van der Waals surface area contributed by atoms with Crippen LogP contribution >= 0.6 is 0 Å². The number of carbonyl (C=O) groups excluding carboxylic acids is 1. The lowest BCUT2D eigenvalue weighted by atomic mass is 9.93. The lowest BCUT2D eigenvalue weighted by Gasteiger charge is -2.29. The molecule has 2 aliphatic rings. The van der Waals surface area contributed by atoms with E-state index in [-0.39, 0.29) is 18.5 Å². The van der Waals surface area contributed by atoms with Gasteiger partial charge in [-0.15, -0.1) is 0 Å². The number of furan rings is 1. The largest absolute Gasteiger partial charge is 0.475 e. The molecule has 0 radical (unpaired) electrons. The minimum absolute atomic E-state index is 0.134. The average Bonchev–Trinajstić information content (AvgIpc) is 3.11. The highest BCUT2D eigenvalue weighted by Gasteiger charge is 2.41. The van der Waals surface area contributed by atoms with Crippen LogP contribution in [0.3, 0.4) is 0 Å². The van der Waals surface area contributed by atoms with Gasteiger partial charge >= 0.3 is 5.97 Å². The second kappa shape index (κ2) is 5.97. The number of carboxylic acid groups (broad SMARTS) is 1. The van der Waals surface area contributed by atoms with E-state index in [0.29, 0.717) is 12.8 Å². The van der Waals surface area contributed by atoms with Crippen LogP contribution < -0.4 is 5.32 Å². The van der Waals surface area contributed by atoms with Crippen molar-refractivity contribution in [3.8, 4) is 0 Å². The van der Waals surface area contributed by atoms with Crippen molar-refractivity contribution in [2.24, 2.45) is 0 Å². The third-order valence-corrected chi connectivity index (χ3v) is 6.10. The first-order valence-corrected chi connectivity index (χ1v) is 8.99. The molecule has 1 saturated carbocycles. The summed E-state index contributed by atoms with van der Waals surface area (Å²) in [5.41, 5.74) is 0. The molecule has 0 spiro atoms. The van der Waals surface area contributed by atoms with Crippen molar-refractivity contribution in [2.75, 3.05) is 6.54 Å². The zero-order chi connectivity index (χ0) is 16.6. The maximum absolute atomic E-state index is 12.6. The lowest BCUT2D eigenvalue weighted by Crippen LogP contribution is -2.50. The van der Waals surface area contributed by atoms with Gasteiger partial charge in [-0.1, -0.05) is 0 Å². The van der Waals surface area contributed by atoms with Crippen molar-refractivity contribution in [1.82, 2.24) is 9.62 Å².